The molecule has 1 unspecified atom stereocenters. The molecular formula is C25H30N4O4S. The summed E-state index contributed by atoms with van der Waals surface area (Å²) in [5.74, 6) is -0.433. The molecule has 1 heterocycles. The molecule has 0 saturated carbocycles. The van der Waals surface area contributed by atoms with E-state index in [9.17, 15) is 18.0 Å². The fraction of sp³-hybridized carbons (Fsp3) is 0.280. The minimum Gasteiger partial charge on any atom is -0.379 e. The molecule has 0 aliphatic rings. The highest BCUT2D eigenvalue weighted by Gasteiger charge is 2.22. The molecule has 0 radical (unpaired) electrons. The minimum atomic E-state index is -3.74. The van der Waals surface area contributed by atoms with E-state index in [1.54, 1.807) is 26.0 Å². The molecular weight excluding hydrogens is 452 g/mol. The Morgan fingerprint density at radius 3 is 2.18 bits per heavy atom. The largest absolute Gasteiger partial charge is 0.379 e. The van der Waals surface area contributed by atoms with E-state index >= 15 is 0 Å². The third-order valence-electron chi connectivity index (χ3n) is 5.46. The van der Waals surface area contributed by atoms with Crippen molar-refractivity contribution in [2.24, 2.45) is 0 Å². The van der Waals surface area contributed by atoms with Crippen LogP contribution in [0.4, 0.5) is 11.4 Å². The standard InChI is InChI=1S/C25H30N4O4S/c1-4-29(5-2)34(32,33)23-15-16-25(31)28(17-23)18-24(30)27-22-13-11-21(12-14-22)26-19(3)20-9-7-6-8-10-20/h6-17,19,26H,4-5,18H2,1-3H3,(H,27,30). The molecule has 0 fully saturated rings. The molecule has 0 bridgehead atoms. The highest BCUT2D eigenvalue weighted by atomic mass is 32.2. The molecule has 1 amide bonds. The zero-order valence-electron chi connectivity index (χ0n) is 19.6. The number of pyridine rings is 1. The first-order valence-electron chi connectivity index (χ1n) is 11.2. The van der Waals surface area contributed by atoms with Gasteiger partial charge in [-0.15, -0.1) is 0 Å². The summed E-state index contributed by atoms with van der Waals surface area (Å²) >= 11 is 0. The minimum absolute atomic E-state index is 0.0217. The second kappa shape index (κ2) is 11.1. The molecule has 3 aromatic rings. The van der Waals surface area contributed by atoms with Crippen molar-refractivity contribution in [3.8, 4) is 0 Å². The number of hydrogen-bond acceptors (Lipinski definition) is 5. The van der Waals surface area contributed by atoms with Crippen molar-refractivity contribution in [1.29, 1.82) is 0 Å². The summed E-state index contributed by atoms with van der Waals surface area (Å²) in [5, 5.41) is 6.15. The van der Waals surface area contributed by atoms with Gasteiger partial charge in [-0.3, -0.25) is 9.59 Å². The lowest BCUT2D eigenvalue weighted by Gasteiger charge is -2.19. The molecule has 1 aromatic heterocycles. The van der Waals surface area contributed by atoms with Gasteiger partial charge in [0.05, 0.1) is 4.90 Å². The van der Waals surface area contributed by atoms with Crippen LogP contribution in [-0.2, 0) is 21.4 Å². The highest BCUT2D eigenvalue weighted by molar-refractivity contribution is 7.89. The molecule has 3 rings (SSSR count). The van der Waals surface area contributed by atoms with Crippen LogP contribution < -0.4 is 16.2 Å². The lowest BCUT2D eigenvalue weighted by molar-refractivity contribution is -0.116. The van der Waals surface area contributed by atoms with Crippen molar-refractivity contribution in [2.45, 2.75) is 38.3 Å². The van der Waals surface area contributed by atoms with E-state index in [0.29, 0.717) is 18.8 Å². The first kappa shape index (κ1) is 25.2. The number of hydrogen-bond donors (Lipinski definition) is 2. The number of benzene rings is 2. The summed E-state index contributed by atoms with van der Waals surface area (Å²) in [4.78, 5) is 24.7. The van der Waals surface area contributed by atoms with Crippen LogP contribution in [0, 0.1) is 0 Å². The predicted octanol–water partition coefficient (Wildman–Crippen LogP) is 3.69. The molecule has 1 atom stereocenters. The Balaban J connectivity index is 1.66. The first-order valence-corrected chi connectivity index (χ1v) is 12.6. The molecule has 0 saturated heterocycles. The fourth-order valence-electron chi connectivity index (χ4n) is 3.58. The van der Waals surface area contributed by atoms with Gasteiger partial charge in [0.1, 0.15) is 6.54 Å². The Hall–Kier alpha value is -3.43. The summed E-state index contributed by atoms with van der Waals surface area (Å²) in [7, 11) is -3.74. The lowest BCUT2D eigenvalue weighted by Crippen LogP contribution is -2.33. The Morgan fingerprint density at radius 1 is 0.941 bits per heavy atom. The smallest absolute Gasteiger partial charge is 0.251 e. The van der Waals surface area contributed by atoms with E-state index in [1.807, 2.05) is 30.3 Å². The number of nitrogens with zero attached hydrogens (tertiary/aromatic N) is 2. The van der Waals surface area contributed by atoms with Gasteiger partial charge in [-0.25, -0.2) is 8.42 Å². The average Bonchev–Trinajstić information content (AvgIpc) is 2.82. The van der Waals surface area contributed by atoms with Gasteiger partial charge >= 0.3 is 0 Å². The Kier molecular flexibility index (Phi) is 8.25. The van der Waals surface area contributed by atoms with Crippen molar-refractivity contribution in [1.82, 2.24) is 8.87 Å². The first-order chi connectivity index (χ1) is 16.2. The van der Waals surface area contributed by atoms with E-state index < -0.39 is 21.5 Å². The van der Waals surface area contributed by atoms with Crippen LogP contribution in [0.5, 0.6) is 0 Å². The fourth-order valence-corrected chi connectivity index (χ4v) is 5.06. The van der Waals surface area contributed by atoms with Crippen LogP contribution in [0.3, 0.4) is 0 Å². The Morgan fingerprint density at radius 2 is 1.56 bits per heavy atom. The molecule has 0 spiro atoms. The molecule has 180 valence electrons. The molecule has 8 nitrogen and oxygen atoms in total. The Labute approximate surface area is 200 Å². The summed E-state index contributed by atoms with van der Waals surface area (Å²) < 4.78 is 27.9. The zero-order valence-corrected chi connectivity index (χ0v) is 20.4. The molecule has 0 aliphatic heterocycles. The second-order valence-corrected chi connectivity index (χ2v) is 9.76. The number of rotatable bonds is 10. The van der Waals surface area contributed by atoms with E-state index in [4.69, 9.17) is 0 Å². The topological polar surface area (TPSA) is 101 Å². The van der Waals surface area contributed by atoms with Gasteiger partial charge < -0.3 is 15.2 Å². The second-order valence-electron chi connectivity index (χ2n) is 7.82. The van der Waals surface area contributed by atoms with Gasteiger partial charge in [0, 0.05) is 42.8 Å². The van der Waals surface area contributed by atoms with Crippen LogP contribution >= 0.6 is 0 Å². The SMILES string of the molecule is CCN(CC)S(=O)(=O)c1ccc(=O)n(CC(=O)Nc2ccc(NC(C)c3ccccc3)cc2)c1. The van der Waals surface area contributed by atoms with Gasteiger partial charge in [-0.2, -0.15) is 4.31 Å². The van der Waals surface area contributed by atoms with E-state index in [0.717, 1.165) is 21.9 Å². The number of carbonyl (C=O) groups excluding carboxylic acids is 1. The maximum atomic E-state index is 12.7. The van der Waals surface area contributed by atoms with Gasteiger partial charge in [-0.05, 0) is 42.8 Å². The van der Waals surface area contributed by atoms with Crippen LogP contribution in [0.25, 0.3) is 0 Å². The number of carbonyl (C=O) groups is 1. The number of amides is 1. The van der Waals surface area contributed by atoms with Crippen LogP contribution in [0.2, 0.25) is 0 Å². The number of nitrogens with one attached hydrogen (secondary N) is 2. The summed E-state index contributed by atoms with van der Waals surface area (Å²) in [6, 6.07) is 19.9. The normalized spacial score (nSPS) is 12.4. The van der Waals surface area contributed by atoms with Crippen molar-refractivity contribution < 1.29 is 13.2 Å². The van der Waals surface area contributed by atoms with Gasteiger partial charge in [0.2, 0.25) is 15.9 Å². The quantitative estimate of drug-likeness (QED) is 0.459. The predicted molar refractivity (Wildman–Crippen MR) is 134 cm³/mol. The van der Waals surface area contributed by atoms with Crippen LogP contribution in [0.1, 0.15) is 32.4 Å². The van der Waals surface area contributed by atoms with Crippen molar-refractivity contribution in [2.75, 3.05) is 23.7 Å². The molecule has 9 heteroatoms. The molecule has 2 aromatic carbocycles. The van der Waals surface area contributed by atoms with E-state index in [1.165, 1.54) is 16.6 Å². The summed E-state index contributed by atoms with van der Waals surface area (Å²) in [5.41, 5.74) is 2.18. The highest BCUT2D eigenvalue weighted by Crippen LogP contribution is 2.21. The summed E-state index contributed by atoms with van der Waals surface area (Å²) in [6.07, 6.45) is 1.22. The third kappa shape index (κ3) is 6.12. The number of sulfonamides is 1. The lowest BCUT2D eigenvalue weighted by atomic mass is 10.1. The number of aromatic nitrogens is 1. The number of anilines is 2. The monoisotopic (exact) mass is 482 g/mol. The Bertz CT molecular complexity index is 1270. The van der Waals surface area contributed by atoms with Crippen molar-refractivity contribution in [3.05, 3.63) is 88.8 Å². The maximum Gasteiger partial charge on any atom is 0.251 e. The van der Waals surface area contributed by atoms with E-state index in [2.05, 4.69) is 29.7 Å². The van der Waals surface area contributed by atoms with Gasteiger partial charge in [0.25, 0.3) is 5.56 Å². The molecule has 2 N–H and O–H groups in total. The van der Waals surface area contributed by atoms with E-state index in [-0.39, 0.29) is 17.5 Å². The maximum absolute atomic E-state index is 12.7. The molecule has 0 aliphatic carbocycles. The average molecular weight is 483 g/mol. The van der Waals surface area contributed by atoms with Crippen LogP contribution in [-0.4, -0.2) is 36.3 Å². The molecule has 34 heavy (non-hydrogen) atoms. The van der Waals surface area contributed by atoms with Crippen LogP contribution in [0.15, 0.2) is 82.6 Å². The van der Waals surface area contributed by atoms with Gasteiger partial charge in [0.15, 0.2) is 0 Å². The zero-order chi connectivity index (χ0) is 24.7. The van der Waals surface area contributed by atoms with Gasteiger partial charge in [-0.1, -0.05) is 44.2 Å². The third-order valence-corrected chi connectivity index (χ3v) is 7.50. The van der Waals surface area contributed by atoms with Crippen molar-refractivity contribution >= 4 is 27.3 Å². The summed E-state index contributed by atoms with van der Waals surface area (Å²) in [6.45, 7) is 5.88. The van der Waals surface area contributed by atoms with Crippen molar-refractivity contribution in [3.63, 3.8) is 0 Å².